The number of ether oxygens (including phenoxy) is 1. The van der Waals surface area contributed by atoms with Gasteiger partial charge in [-0.2, -0.15) is 8.78 Å². The summed E-state index contributed by atoms with van der Waals surface area (Å²) in [6.45, 7) is 0.0267. The maximum Gasteiger partial charge on any atom is 0.387 e. The molecule has 0 heterocycles. The van der Waals surface area contributed by atoms with E-state index in [9.17, 15) is 8.78 Å². The van der Waals surface area contributed by atoms with Gasteiger partial charge < -0.3 is 10.1 Å². The fraction of sp³-hybridized carbons (Fsp3) is 0.571. The van der Waals surface area contributed by atoms with Crippen LogP contribution in [0.25, 0.3) is 0 Å². The SMILES string of the molecule is CCCCCCCNc1cc(Cl)c(OC(F)F)c(Cl)c1. The average molecular weight is 326 g/mol. The number of alkyl halides is 2. The number of benzene rings is 1. The molecule has 0 saturated heterocycles. The summed E-state index contributed by atoms with van der Waals surface area (Å²) in [4.78, 5) is 0. The molecule has 0 aliphatic rings. The van der Waals surface area contributed by atoms with Gasteiger partial charge >= 0.3 is 6.61 Å². The average Bonchev–Trinajstić information content (AvgIpc) is 2.38. The number of unbranched alkanes of at least 4 members (excludes halogenated alkanes) is 4. The monoisotopic (exact) mass is 325 g/mol. The molecule has 114 valence electrons. The van der Waals surface area contributed by atoms with E-state index in [2.05, 4.69) is 17.0 Å². The molecule has 0 radical (unpaired) electrons. The van der Waals surface area contributed by atoms with Crippen molar-refractivity contribution in [2.75, 3.05) is 11.9 Å². The van der Waals surface area contributed by atoms with Gasteiger partial charge in [0.05, 0.1) is 10.0 Å². The van der Waals surface area contributed by atoms with Crippen LogP contribution >= 0.6 is 23.2 Å². The molecule has 1 rings (SSSR count). The van der Waals surface area contributed by atoms with Crippen LogP contribution in [0.5, 0.6) is 5.75 Å². The van der Waals surface area contributed by atoms with Crippen LogP contribution in [-0.4, -0.2) is 13.2 Å². The van der Waals surface area contributed by atoms with E-state index in [-0.39, 0.29) is 15.8 Å². The molecule has 0 atom stereocenters. The van der Waals surface area contributed by atoms with Gasteiger partial charge in [0.1, 0.15) is 0 Å². The van der Waals surface area contributed by atoms with Crippen molar-refractivity contribution in [3.05, 3.63) is 22.2 Å². The van der Waals surface area contributed by atoms with E-state index < -0.39 is 6.61 Å². The second-order valence-electron chi connectivity index (χ2n) is 4.49. The molecule has 0 amide bonds. The topological polar surface area (TPSA) is 21.3 Å². The minimum absolute atomic E-state index is 0.0753. The molecule has 0 aromatic heterocycles. The summed E-state index contributed by atoms with van der Waals surface area (Å²) in [6.07, 6.45) is 5.89. The van der Waals surface area contributed by atoms with Crippen molar-refractivity contribution in [1.29, 1.82) is 0 Å². The molecule has 1 aromatic rings. The van der Waals surface area contributed by atoms with Crippen molar-refractivity contribution >= 4 is 28.9 Å². The smallest absolute Gasteiger partial charge is 0.387 e. The Labute approximate surface area is 128 Å². The normalized spacial score (nSPS) is 10.9. The largest absolute Gasteiger partial charge is 0.432 e. The van der Waals surface area contributed by atoms with E-state index in [4.69, 9.17) is 23.2 Å². The molecule has 0 saturated carbocycles. The first-order valence-corrected chi connectivity index (χ1v) is 7.48. The molecule has 0 bridgehead atoms. The van der Waals surface area contributed by atoms with Crippen LogP contribution < -0.4 is 10.1 Å². The first-order chi connectivity index (χ1) is 9.54. The lowest BCUT2D eigenvalue weighted by Crippen LogP contribution is -2.05. The molecule has 2 nitrogen and oxygen atoms in total. The van der Waals surface area contributed by atoms with Crippen LogP contribution in [0.2, 0.25) is 10.0 Å². The van der Waals surface area contributed by atoms with Crippen molar-refractivity contribution in [2.24, 2.45) is 0 Å². The molecule has 0 aliphatic carbocycles. The molecule has 0 unspecified atom stereocenters. The highest BCUT2D eigenvalue weighted by Crippen LogP contribution is 2.36. The van der Waals surface area contributed by atoms with E-state index in [0.717, 1.165) is 19.4 Å². The Morgan fingerprint density at radius 3 is 2.25 bits per heavy atom. The van der Waals surface area contributed by atoms with Crippen LogP contribution in [0.3, 0.4) is 0 Å². The Bertz CT molecular complexity index is 393. The number of rotatable bonds is 9. The third-order valence-electron chi connectivity index (χ3n) is 2.81. The predicted octanol–water partition coefficient (Wildman–Crippen LogP) is 5.98. The highest BCUT2D eigenvalue weighted by atomic mass is 35.5. The van der Waals surface area contributed by atoms with Crippen molar-refractivity contribution in [2.45, 2.75) is 45.6 Å². The molecule has 0 spiro atoms. The summed E-state index contributed by atoms with van der Waals surface area (Å²) < 4.78 is 28.6. The second kappa shape index (κ2) is 9.24. The number of hydrogen-bond donors (Lipinski definition) is 1. The third kappa shape index (κ3) is 6.14. The Morgan fingerprint density at radius 2 is 1.70 bits per heavy atom. The van der Waals surface area contributed by atoms with E-state index in [1.807, 2.05) is 0 Å². The lowest BCUT2D eigenvalue weighted by Gasteiger charge is -2.12. The van der Waals surface area contributed by atoms with Crippen LogP contribution in [0, 0.1) is 0 Å². The van der Waals surface area contributed by atoms with E-state index in [1.165, 1.54) is 31.4 Å². The van der Waals surface area contributed by atoms with E-state index in [0.29, 0.717) is 5.69 Å². The summed E-state index contributed by atoms with van der Waals surface area (Å²) >= 11 is 11.8. The molecule has 1 aromatic carbocycles. The standard InChI is InChI=1S/C14H19Cl2F2NO/c1-2-3-4-5-6-7-19-10-8-11(15)13(12(16)9-10)20-14(17)18/h8-9,14,19H,2-7H2,1H3. The Hall–Kier alpha value is -0.740. The molecular weight excluding hydrogens is 307 g/mol. The number of anilines is 1. The summed E-state index contributed by atoms with van der Waals surface area (Å²) in [6, 6.07) is 3.08. The molecule has 6 heteroatoms. The maximum absolute atomic E-state index is 12.2. The van der Waals surface area contributed by atoms with Crippen LogP contribution in [-0.2, 0) is 0 Å². The van der Waals surface area contributed by atoms with Gasteiger partial charge in [0.2, 0.25) is 0 Å². The highest BCUT2D eigenvalue weighted by molar-refractivity contribution is 6.37. The minimum atomic E-state index is -2.94. The number of nitrogens with one attached hydrogen (secondary N) is 1. The fourth-order valence-electron chi connectivity index (χ4n) is 1.82. The number of halogens is 4. The van der Waals surface area contributed by atoms with E-state index in [1.54, 1.807) is 0 Å². The summed E-state index contributed by atoms with van der Waals surface area (Å²) in [5, 5.41) is 3.32. The molecule has 1 N–H and O–H groups in total. The fourth-order valence-corrected chi connectivity index (χ4v) is 2.40. The summed E-state index contributed by atoms with van der Waals surface area (Å²) in [7, 11) is 0. The third-order valence-corrected chi connectivity index (χ3v) is 3.38. The Balaban J connectivity index is 2.47. The van der Waals surface area contributed by atoms with Crippen LogP contribution in [0.1, 0.15) is 39.0 Å². The first-order valence-electron chi connectivity index (χ1n) is 6.72. The lowest BCUT2D eigenvalue weighted by molar-refractivity contribution is -0.0497. The zero-order valence-corrected chi connectivity index (χ0v) is 12.9. The maximum atomic E-state index is 12.2. The van der Waals surface area contributed by atoms with Crippen molar-refractivity contribution < 1.29 is 13.5 Å². The van der Waals surface area contributed by atoms with Crippen LogP contribution in [0.4, 0.5) is 14.5 Å². The van der Waals surface area contributed by atoms with Gasteiger partial charge in [0.15, 0.2) is 5.75 Å². The van der Waals surface area contributed by atoms with Gasteiger partial charge in [-0.1, -0.05) is 55.8 Å². The molecular formula is C14H19Cl2F2NO. The number of hydrogen-bond acceptors (Lipinski definition) is 2. The summed E-state index contributed by atoms with van der Waals surface area (Å²) in [5.41, 5.74) is 0.706. The van der Waals surface area contributed by atoms with Gasteiger partial charge in [0.25, 0.3) is 0 Å². The van der Waals surface area contributed by atoms with Gasteiger partial charge in [0, 0.05) is 12.2 Å². The van der Waals surface area contributed by atoms with Crippen LogP contribution in [0.15, 0.2) is 12.1 Å². The summed E-state index contributed by atoms with van der Waals surface area (Å²) in [5.74, 6) is -0.183. The molecule has 0 aliphatic heterocycles. The second-order valence-corrected chi connectivity index (χ2v) is 5.30. The molecule has 20 heavy (non-hydrogen) atoms. The zero-order valence-electron chi connectivity index (χ0n) is 11.4. The minimum Gasteiger partial charge on any atom is -0.432 e. The zero-order chi connectivity index (χ0) is 15.0. The highest BCUT2D eigenvalue weighted by Gasteiger charge is 2.14. The Morgan fingerprint density at radius 1 is 1.10 bits per heavy atom. The van der Waals surface area contributed by atoms with E-state index >= 15 is 0 Å². The molecule has 0 fully saturated rings. The van der Waals surface area contributed by atoms with Gasteiger partial charge in [-0.15, -0.1) is 0 Å². The predicted molar refractivity (Wildman–Crippen MR) is 80.3 cm³/mol. The van der Waals surface area contributed by atoms with Crippen molar-refractivity contribution in [3.63, 3.8) is 0 Å². The lowest BCUT2D eigenvalue weighted by atomic mass is 10.1. The van der Waals surface area contributed by atoms with Crippen molar-refractivity contribution in [1.82, 2.24) is 0 Å². The van der Waals surface area contributed by atoms with Gasteiger partial charge in [-0.25, -0.2) is 0 Å². The van der Waals surface area contributed by atoms with Gasteiger partial charge in [-0.3, -0.25) is 0 Å². The first kappa shape index (κ1) is 17.3. The van der Waals surface area contributed by atoms with Crippen molar-refractivity contribution in [3.8, 4) is 5.75 Å². The quantitative estimate of drug-likeness (QED) is 0.564. The van der Waals surface area contributed by atoms with Gasteiger partial charge in [-0.05, 0) is 18.6 Å². The Kier molecular flexibility index (Phi) is 8.00.